The first-order chi connectivity index (χ1) is 6.33. The van der Waals surface area contributed by atoms with Gasteiger partial charge in [-0.3, -0.25) is 4.84 Å². The van der Waals surface area contributed by atoms with Crippen molar-refractivity contribution in [3.8, 4) is 6.07 Å². The second-order valence-electron chi connectivity index (χ2n) is 3.50. The smallest absolute Gasteiger partial charge is 0.0915 e. The molecule has 0 atom stereocenters. The lowest BCUT2D eigenvalue weighted by molar-refractivity contribution is -0.000863. The Kier molecular flexibility index (Phi) is 4.16. The third-order valence-corrected chi connectivity index (χ3v) is 2.35. The Morgan fingerprint density at radius 1 is 1.46 bits per heavy atom. The summed E-state index contributed by atoms with van der Waals surface area (Å²) in [6.07, 6.45) is 2.91. The van der Waals surface area contributed by atoms with E-state index in [1.165, 1.54) is 0 Å². The van der Waals surface area contributed by atoms with Gasteiger partial charge < -0.3 is 4.74 Å². The third-order valence-electron chi connectivity index (χ3n) is 2.35. The van der Waals surface area contributed by atoms with Crippen molar-refractivity contribution in [3.05, 3.63) is 0 Å². The monoisotopic (exact) mass is 184 g/mol. The maximum absolute atomic E-state index is 8.54. The number of hydroxylamine groups is 1. The second-order valence-corrected chi connectivity index (χ2v) is 3.50. The molecule has 4 heteroatoms. The van der Waals surface area contributed by atoms with E-state index < -0.39 is 0 Å². The molecule has 1 fully saturated rings. The van der Waals surface area contributed by atoms with Gasteiger partial charge in [0.05, 0.1) is 19.3 Å². The van der Waals surface area contributed by atoms with E-state index in [9.17, 15) is 0 Å². The maximum Gasteiger partial charge on any atom is 0.0915 e. The van der Waals surface area contributed by atoms with Crippen molar-refractivity contribution >= 4 is 0 Å². The molecule has 1 aliphatic rings. The largest absolute Gasteiger partial charge is 0.382 e. The normalized spacial score (nSPS) is 18.2. The van der Waals surface area contributed by atoms with Crippen molar-refractivity contribution in [2.45, 2.75) is 19.3 Å². The maximum atomic E-state index is 8.54. The number of ether oxygens (including phenoxy) is 1. The summed E-state index contributed by atoms with van der Waals surface area (Å²) in [7, 11) is 1.64. The Morgan fingerprint density at radius 2 is 2.23 bits per heavy atom. The van der Waals surface area contributed by atoms with Gasteiger partial charge >= 0.3 is 0 Å². The van der Waals surface area contributed by atoms with E-state index in [1.54, 1.807) is 7.11 Å². The summed E-state index contributed by atoms with van der Waals surface area (Å²) in [6, 6.07) is 2.20. The second kappa shape index (κ2) is 5.18. The van der Waals surface area contributed by atoms with Crippen LogP contribution in [-0.4, -0.2) is 26.9 Å². The number of rotatable bonds is 7. The van der Waals surface area contributed by atoms with Gasteiger partial charge in [-0.25, -0.2) is 5.48 Å². The minimum Gasteiger partial charge on any atom is -0.382 e. The van der Waals surface area contributed by atoms with Crippen LogP contribution in [0.3, 0.4) is 0 Å². The zero-order chi connectivity index (χ0) is 9.57. The first-order valence-electron chi connectivity index (χ1n) is 4.53. The molecule has 1 rings (SSSR count). The van der Waals surface area contributed by atoms with Gasteiger partial charge in [0, 0.05) is 20.1 Å². The summed E-state index contributed by atoms with van der Waals surface area (Å²) in [6.45, 7) is 1.93. The van der Waals surface area contributed by atoms with Gasteiger partial charge in [-0.05, 0) is 18.3 Å². The first kappa shape index (κ1) is 10.5. The van der Waals surface area contributed by atoms with Crippen LogP contribution >= 0.6 is 0 Å². The molecule has 0 amide bonds. The Balaban J connectivity index is 1.97. The SMILES string of the molecule is COCCONCC1(CC#N)CC1. The number of hydrogen-bond donors (Lipinski definition) is 1. The molecule has 0 aliphatic heterocycles. The average Bonchev–Trinajstić information content (AvgIpc) is 2.86. The average molecular weight is 184 g/mol. The van der Waals surface area contributed by atoms with E-state index in [4.69, 9.17) is 14.8 Å². The zero-order valence-corrected chi connectivity index (χ0v) is 8.01. The Hall–Kier alpha value is -0.630. The van der Waals surface area contributed by atoms with E-state index in [-0.39, 0.29) is 5.41 Å². The van der Waals surface area contributed by atoms with Crippen molar-refractivity contribution in [1.29, 1.82) is 5.26 Å². The van der Waals surface area contributed by atoms with Crippen LogP contribution in [0.1, 0.15) is 19.3 Å². The molecule has 1 aliphatic carbocycles. The van der Waals surface area contributed by atoms with Gasteiger partial charge in [-0.2, -0.15) is 5.26 Å². The lowest BCUT2D eigenvalue weighted by Crippen LogP contribution is -2.25. The van der Waals surface area contributed by atoms with E-state index in [2.05, 4.69) is 11.5 Å². The molecule has 0 spiro atoms. The zero-order valence-electron chi connectivity index (χ0n) is 8.01. The van der Waals surface area contributed by atoms with Crippen LogP contribution in [0.4, 0.5) is 0 Å². The highest BCUT2D eigenvalue weighted by atomic mass is 16.7. The molecule has 0 aromatic carbocycles. The molecule has 0 aromatic rings. The standard InChI is InChI=1S/C9H16N2O2/c1-12-6-7-13-11-8-9(2-3-9)4-5-10/h11H,2-4,6-8H2,1H3. The lowest BCUT2D eigenvalue weighted by Gasteiger charge is -2.11. The predicted molar refractivity (Wildman–Crippen MR) is 47.7 cm³/mol. The fraction of sp³-hybridized carbons (Fsp3) is 0.889. The summed E-state index contributed by atoms with van der Waals surface area (Å²) in [5.41, 5.74) is 3.09. The van der Waals surface area contributed by atoms with E-state index in [0.717, 1.165) is 19.4 Å². The molecule has 4 nitrogen and oxygen atoms in total. The summed E-state index contributed by atoms with van der Waals surface area (Å²) < 4.78 is 4.82. The first-order valence-corrected chi connectivity index (χ1v) is 4.53. The quantitative estimate of drug-likeness (QED) is 0.470. The molecule has 0 bridgehead atoms. The molecule has 0 heterocycles. The van der Waals surface area contributed by atoms with Crippen molar-refractivity contribution < 1.29 is 9.57 Å². The Labute approximate surface area is 78.8 Å². The summed E-state index contributed by atoms with van der Waals surface area (Å²) in [5, 5.41) is 8.54. The molecule has 0 saturated heterocycles. The molecule has 1 N–H and O–H groups in total. The minimum absolute atomic E-state index is 0.210. The van der Waals surface area contributed by atoms with Crippen molar-refractivity contribution in [2.24, 2.45) is 5.41 Å². The highest BCUT2D eigenvalue weighted by Crippen LogP contribution is 2.47. The van der Waals surface area contributed by atoms with Crippen LogP contribution in [0, 0.1) is 16.7 Å². The Bertz CT molecular complexity index is 185. The Morgan fingerprint density at radius 3 is 2.77 bits per heavy atom. The highest BCUT2D eigenvalue weighted by molar-refractivity contribution is 4.99. The van der Waals surface area contributed by atoms with Crippen LogP contribution in [0.5, 0.6) is 0 Å². The predicted octanol–water partition coefficient (Wildman–Crippen LogP) is 0.848. The molecule has 0 radical (unpaired) electrons. The van der Waals surface area contributed by atoms with Crippen molar-refractivity contribution in [1.82, 2.24) is 5.48 Å². The fourth-order valence-electron chi connectivity index (χ4n) is 1.16. The van der Waals surface area contributed by atoms with Crippen molar-refractivity contribution in [2.75, 3.05) is 26.9 Å². The summed E-state index contributed by atoms with van der Waals surface area (Å²) in [5.74, 6) is 0. The number of nitrogens with zero attached hydrogens (tertiary/aromatic N) is 1. The van der Waals surface area contributed by atoms with Crippen molar-refractivity contribution in [3.63, 3.8) is 0 Å². The molecule has 0 aromatic heterocycles. The molecule has 1 saturated carbocycles. The third kappa shape index (κ3) is 3.73. The summed E-state index contributed by atoms with van der Waals surface area (Å²) >= 11 is 0. The molecular formula is C9H16N2O2. The molecule has 0 unspecified atom stereocenters. The molecule has 13 heavy (non-hydrogen) atoms. The van der Waals surface area contributed by atoms with Gasteiger partial charge in [0.2, 0.25) is 0 Å². The molecular weight excluding hydrogens is 168 g/mol. The lowest BCUT2D eigenvalue weighted by atomic mass is 10.0. The fourth-order valence-corrected chi connectivity index (χ4v) is 1.16. The van der Waals surface area contributed by atoms with Crippen LogP contribution in [-0.2, 0) is 9.57 Å². The van der Waals surface area contributed by atoms with E-state index in [1.807, 2.05) is 0 Å². The topological polar surface area (TPSA) is 54.3 Å². The van der Waals surface area contributed by atoms with Gasteiger partial charge in [0.15, 0.2) is 0 Å². The highest BCUT2D eigenvalue weighted by Gasteiger charge is 2.42. The van der Waals surface area contributed by atoms with Gasteiger partial charge in [0.1, 0.15) is 0 Å². The van der Waals surface area contributed by atoms with E-state index >= 15 is 0 Å². The van der Waals surface area contributed by atoms with Crippen LogP contribution < -0.4 is 5.48 Å². The van der Waals surface area contributed by atoms with Crippen LogP contribution in [0.25, 0.3) is 0 Å². The van der Waals surface area contributed by atoms with Crippen LogP contribution in [0.2, 0.25) is 0 Å². The van der Waals surface area contributed by atoms with E-state index in [0.29, 0.717) is 19.6 Å². The minimum atomic E-state index is 0.210. The van der Waals surface area contributed by atoms with Gasteiger partial charge in [0.25, 0.3) is 0 Å². The number of nitriles is 1. The number of hydrogen-bond acceptors (Lipinski definition) is 4. The number of nitrogens with one attached hydrogen (secondary N) is 1. The van der Waals surface area contributed by atoms with Crippen LogP contribution in [0.15, 0.2) is 0 Å². The summed E-state index contributed by atoms with van der Waals surface area (Å²) in [4.78, 5) is 5.11. The molecule has 74 valence electrons. The number of methoxy groups -OCH3 is 1. The van der Waals surface area contributed by atoms with Gasteiger partial charge in [-0.15, -0.1) is 0 Å². The van der Waals surface area contributed by atoms with Gasteiger partial charge in [-0.1, -0.05) is 0 Å².